The van der Waals surface area contributed by atoms with Crippen LogP contribution >= 0.6 is 9.24 Å². The molecule has 0 N–H and O–H groups in total. The van der Waals surface area contributed by atoms with E-state index in [4.69, 9.17) is 0 Å². The van der Waals surface area contributed by atoms with Crippen molar-refractivity contribution in [2.45, 2.75) is 112 Å². The highest BCUT2D eigenvalue weighted by atomic mass is 31.0. The highest BCUT2D eigenvalue weighted by molar-refractivity contribution is 7.15. The summed E-state index contributed by atoms with van der Waals surface area (Å²) in [5, 5.41) is 0. The second kappa shape index (κ2) is 25.0. The fourth-order valence-electron chi connectivity index (χ4n) is 5.12. The van der Waals surface area contributed by atoms with Gasteiger partial charge in [-0.1, -0.05) is 106 Å². The second-order valence-corrected chi connectivity index (χ2v) is 11.8. The Morgan fingerprint density at radius 1 is 1.00 bits per heavy atom. The van der Waals surface area contributed by atoms with Crippen molar-refractivity contribution >= 4 is 9.24 Å². The number of likely N-dealkylation sites (tertiary alicyclic amines) is 1. The van der Waals surface area contributed by atoms with Gasteiger partial charge in [0.1, 0.15) is 6.17 Å². The van der Waals surface area contributed by atoms with Gasteiger partial charge in [-0.05, 0) is 121 Å². The van der Waals surface area contributed by atoms with Crippen LogP contribution in [0.15, 0.2) is 72.9 Å². The van der Waals surface area contributed by atoms with E-state index in [2.05, 4.69) is 97.5 Å². The lowest BCUT2D eigenvalue weighted by Gasteiger charge is -2.30. The van der Waals surface area contributed by atoms with Gasteiger partial charge in [0.05, 0.1) is 0 Å². The summed E-state index contributed by atoms with van der Waals surface area (Å²) >= 11 is 0. The average Bonchev–Trinajstić information content (AvgIpc) is 2.99. The third kappa shape index (κ3) is 20.1. The molecule has 1 aromatic carbocycles. The Balaban J connectivity index is 0.000000580. The molecule has 0 amide bonds. The number of nitrogens with zero attached hydrogens (tertiary/aromatic N) is 1. The predicted molar refractivity (Wildman–Crippen MR) is 189 cm³/mol. The number of hydrogen-bond donors (Lipinski definition) is 0. The molecule has 1 saturated heterocycles. The Bertz CT molecular complexity index is 840. The van der Waals surface area contributed by atoms with E-state index in [1.165, 1.54) is 68.4 Å². The van der Waals surface area contributed by atoms with E-state index < -0.39 is 6.17 Å². The normalized spacial score (nSPS) is 22.1. The average molecular weight is 586 g/mol. The zero-order chi connectivity index (χ0) is 31.0. The fourth-order valence-corrected chi connectivity index (χ4v) is 5.12. The van der Waals surface area contributed by atoms with Gasteiger partial charge in [-0.25, -0.2) is 4.39 Å². The van der Waals surface area contributed by atoms with Gasteiger partial charge in [-0.15, -0.1) is 15.8 Å². The van der Waals surface area contributed by atoms with E-state index in [1.54, 1.807) is 5.57 Å². The molecule has 1 aromatic rings. The van der Waals surface area contributed by atoms with E-state index in [0.29, 0.717) is 5.92 Å². The molecule has 2 fully saturated rings. The molecule has 2 unspecified atom stereocenters. The SMILES string of the molecule is C=C(C)Cc1ccc(C)cc1.C=CC1CCC(F)CC1.CC.CC1C=CC(CCCN2CCC(C)CC2)=CC1.CP. The summed E-state index contributed by atoms with van der Waals surface area (Å²) < 4.78 is 12.5. The van der Waals surface area contributed by atoms with Gasteiger partial charge in [0.2, 0.25) is 0 Å². The first-order valence-electron chi connectivity index (χ1n) is 16.4. The number of halogens is 1. The molecule has 1 aliphatic heterocycles. The summed E-state index contributed by atoms with van der Waals surface area (Å²) in [6.45, 7) is 26.3. The van der Waals surface area contributed by atoms with E-state index in [0.717, 1.165) is 43.9 Å². The third-order valence-electron chi connectivity index (χ3n) is 7.87. The van der Waals surface area contributed by atoms with Crippen LogP contribution in [0.3, 0.4) is 0 Å². The second-order valence-electron chi connectivity index (χ2n) is 11.8. The molecular formula is C38H65FNP. The zero-order valence-corrected chi connectivity index (χ0v) is 29.1. The minimum absolute atomic E-state index is 0.527. The Labute approximate surface area is 258 Å². The van der Waals surface area contributed by atoms with Crippen LogP contribution in [0.1, 0.15) is 104 Å². The van der Waals surface area contributed by atoms with Crippen LogP contribution in [-0.2, 0) is 6.42 Å². The van der Waals surface area contributed by atoms with Crippen LogP contribution in [0.2, 0.25) is 0 Å². The van der Waals surface area contributed by atoms with Crippen LogP contribution in [0.4, 0.5) is 4.39 Å². The lowest BCUT2D eigenvalue weighted by Crippen LogP contribution is -2.33. The lowest BCUT2D eigenvalue weighted by molar-refractivity contribution is 0.191. The number of allylic oxidation sites excluding steroid dienone is 6. The molecule has 3 heteroatoms. The molecule has 234 valence electrons. The Kier molecular flexibility index (Phi) is 24.1. The summed E-state index contributed by atoms with van der Waals surface area (Å²) in [4.78, 5) is 2.65. The molecule has 0 aromatic heterocycles. The van der Waals surface area contributed by atoms with Crippen molar-refractivity contribution in [2.24, 2.45) is 17.8 Å². The van der Waals surface area contributed by atoms with Gasteiger partial charge >= 0.3 is 0 Å². The van der Waals surface area contributed by atoms with Gasteiger partial charge in [-0.3, -0.25) is 0 Å². The number of rotatable bonds is 7. The first-order chi connectivity index (χ1) is 19.7. The van der Waals surface area contributed by atoms with Gasteiger partial charge in [0.15, 0.2) is 0 Å². The summed E-state index contributed by atoms with van der Waals surface area (Å²) in [7, 11) is 2.42. The minimum atomic E-state index is -0.527. The van der Waals surface area contributed by atoms with Gasteiger partial charge in [0, 0.05) is 0 Å². The van der Waals surface area contributed by atoms with Crippen LogP contribution in [0.25, 0.3) is 0 Å². The van der Waals surface area contributed by atoms with Crippen molar-refractivity contribution in [3.05, 3.63) is 84.0 Å². The predicted octanol–water partition coefficient (Wildman–Crippen LogP) is 11.4. The minimum Gasteiger partial charge on any atom is -0.303 e. The highest BCUT2D eigenvalue weighted by Gasteiger charge is 2.17. The quantitative estimate of drug-likeness (QED) is 0.227. The molecule has 2 aliphatic carbocycles. The van der Waals surface area contributed by atoms with Crippen molar-refractivity contribution in [1.82, 2.24) is 4.90 Å². The fraction of sp³-hybridized carbons (Fsp3) is 0.632. The zero-order valence-electron chi connectivity index (χ0n) is 27.9. The largest absolute Gasteiger partial charge is 0.303 e. The maximum atomic E-state index is 12.5. The van der Waals surface area contributed by atoms with E-state index in [9.17, 15) is 4.39 Å². The van der Waals surface area contributed by atoms with Gasteiger partial charge < -0.3 is 4.90 Å². The Morgan fingerprint density at radius 2 is 1.59 bits per heavy atom. The molecule has 41 heavy (non-hydrogen) atoms. The van der Waals surface area contributed by atoms with Crippen LogP contribution in [0, 0.1) is 24.7 Å². The number of piperidine rings is 1. The molecule has 3 aliphatic rings. The Hall–Kier alpha value is -1.50. The first kappa shape index (κ1) is 39.5. The highest BCUT2D eigenvalue weighted by Crippen LogP contribution is 2.26. The van der Waals surface area contributed by atoms with E-state index >= 15 is 0 Å². The number of aryl methyl sites for hydroxylation is 1. The van der Waals surface area contributed by atoms with Crippen molar-refractivity contribution in [3.63, 3.8) is 0 Å². The summed E-state index contributed by atoms with van der Waals surface area (Å²) in [5.41, 5.74) is 5.45. The monoisotopic (exact) mass is 585 g/mol. The number of alkyl halides is 1. The van der Waals surface area contributed by atoms with Crippen LogP contribution in [-0.4, -0.2) is 37.4 Å². The standard InChI is InChI=1S/C16H27N.C11H14.C8H13F.C2H6.CH5P/c1-14-5-7-16(8-6-14)4-3-11-17-12-9-15(2)10-13-17;1-9(2)8-11-6-4-10(3)5-7-11;1-2-7-3-5-8(9)6-4-7;2*1-2/h5,7-8,14-15H,3-4,6,9-13H2,1-2H3;4-7H,1,8H2,2-3H3;2,7-8H,1,3-6H2;1-2H3;2H2,1H3. The molecule has 1 heterocycles. The maximum absolute atomic E-state index is 12.5. The molecule has 4 rings (SSSR count). The van der Waals surface area contributed by atoms with Crippen molar-refractivity contribution < 1.29 is 4.39 Å². The third-order valence-corrected chi connectivity index (χ3v) is 7.87. The first-order valence-corrected chi connectivity index (χ1v) is 17.5. The molecule has 0 radical (unpaired) electrons. The van der Waals surface area contributed by atoms with E-state index in [1.807, 2.05) is 26.6 Å². The topological polar surface area (TPSA) is 3.24 Å². The van der Waals surface area contributed by atoms with Gasteiger partial charge in [-0.2, -0.15) is 0 Å². The van der Waals surface area contributed by atoms with Crippen LogP contribution < -0.4 is 0 Å². The molecule has 0 spiro atoms. The molecular weight excluding hydrogens is 520 g/mol. The Morgan fingerprint density at radius 3 is 2.07 bits per heavy atom. The molecule has 0 bridgehead atoms. The summed E-state index contributed by atoms with van der Waals surface area (Å²) in [6.07, 6.45) is 19.7. The van der Waals surface area contributed by atoms with Crippen molar-refractivity contribution in [1.29, 1.82) is 0 Å². The molecule has 1 nitrogen and oxygen atoms in total. The summed E-state index contributed by atoms with van der Waals surface area (Å²) in [6, 6.07) is 8.59. The maximum Gasteiger partial charge on any atom is 0.100 e. The number of hydrogen-bond acceptors (Lipinski definition) is 1. The number of benzene rings is 1. The van der Waals surface area contributed by atoms with E-state index in [-0.39, 0.29) is 0 Å². The molecule has 2 atom stereocenters. The lowest BCUT2D eigenvalue weighted by atomic mass is 9.88. The van der Waals surface area contributed by atoms with Crippen molar-refractivity contribution in [3.8, 4) is 0 Å². The summed E-state index contributed by atoms with van der Waals surface area (Å²) in [5.74, 6) is 2.30. The van der Waals surface area contributed by atoms with Crippen LogP contribution in [0.5, 0.6) is 0 Å². The van der Waals surface area contributed by atoms with Gasteiger partial charge in [0.25, 0.3) is 0 Å². The smallest absolute Gasteiger partial charge is 0.100 e. The molecule has 1 saturated carbocycles. The van der Waals surface area contributed by atoms with Crippen molar-refractivity contribution in [2.75, 3.05) is 26.3 Å².